The van der Waals surface area contributed by atoms with Gasteiger partial charge in [0.2, 0.25) is 0 Å². The van der Waals surface area contributed by atoms with Crippen LogP contribution >= 0.6 is 0 Å². The second-order valence-electron chi connectivity index (χ2n) is 8.26. The molecule has 35 heavy (non-hydrogen) atoms. The molecule has 5 nitrogen and oxygen atoms in total. The SMILES string of the molecule is Cc1cc(-c2ccc(C(F)(F)F)cc2)nc2cc(C(=O)N[C@@H](C)c3cccc(C(=O)O)c3)ccc12. The van der Waals surface area contributed by atoms with Crippen LogP contribution in [0.4, 0.5) is 13.2 Å². The number of halogens is 3. The largest absolute Gasteiger partial charge is 0.478 e. The first-order chi connectivity index (χ1) is 16.5. The molecule has 8 heteroatoms. The summed E-state index contributed by atoms with van der Waals surface area (Å²) in [7, 11) is 0. The Morgan fingerprint density at radius 3 is 2.31 bits per heavy atom. The van der Waals surface area contributed by atoms with Gasteiger partial charge in [0.25, 0.3) is 5.91 Å². The molecule has 4 rings (SSSR count). The van der Waals surface area contributed by atoms with E-state index in [4.69, 9.17) is 0 Å². The number of carbonyl (C=O) groups is 2. The molecule has 1 amide bonds. The van der Waals surface area contributed by atoms with Crippen LogP contribution in [-0.4, -0.2) is 22.0 Å². The molecule has 1 atom stereocenters. The number of nitrogens with zero attached hydrogens (tertiary/aromatic N) is 1. The number of rotatable bonds is 5. The van der Waals surface area contributed by atoms with Crippen molar-refractivity contribution in [3.63, 3.8) is 0 Å². The number of aryl methyl sites for hydroxylation is 1. The molecule has 2 N–H and O–H groups in total. The van der Waals surface area contributed by atoms with Gasteiger partial charge in [0.05, 0.1) is 28.4 Å². The second-order valence-corrected chi connectivity index (χ2v) is 8.26. The third-order valence-corrected chi connectivity index (χ3v) is 5.77. The van der Waals surface area contributed by atoms with Gasteiger partial charge in [-0.2, -0.15) is 13.2 Å². The van der Waals surface area contributed by atoms with Gasteiger partial charge in [-0.05, 0) is 67.4 Å². The van der Waals surface area contributed by atoms with Gasteiger partial charge < -0.3 is 10.4 Å². The van der Waals surface area contributed by atoms with Crippen LogP contribution in [0.1, 0.15) is 50.4 Å². The lowest BCUT2D eigenvalue weighted by Gasteiger charge is -2.15. The number of nitrogens with one attached hydrogen (secondary N) is 1. The number of aromatic nitrogens is 1. The maximum Gasteiger partial charge on any atom is 0.416 e. The number of benzene rings is 3. The normalized spacial score (nSPS) is 12.4. The van der Waals surface area contributed by atoms with E-state index in [9.17, 15) is 27.9 Å². The van der Waals surface area contributed by atoms with Gasteiger partial charge in [0, 0.05) is 16.5 Å². The first kappa shape index (κ1) is 23.9. The number of fused-ring (bicyclic) bond motifs is 1. The minimum atomic E-state index is -4.42. The quantitative estimate of drug-likeness (QED) is 0.347. The summed E-state index contributed by atoms with van der Waals surface area (Å²) in [6.45, 7) is 3.62. The van der Waals surface area contributed by atoms with Crippen LogP contribution in [0.2, 0.25) is 0 Å². The molecule has 0 aliphatic rings. The summed E-state index contributed by atoms with van der Waals surface area (Å²) in [6, 6.07) is 17.6. The molecule has 0 aliphatic heterocycles. The molecule has 0 unspecified atom stereocenters. The number of alkyl halides is 3. The van der Waals surface area contributed by atoms with Crippen LogP contribution in [-0.2, 0) is 6.18 Å². The van der Waals surface area contributed by atoms with Crippen LogP contribution in [0.5, 0.6) is 0 Å². The van der Waals surface area contributed by atoms with Crippen LogP contribution in [0.15, 0.2) is 72.8 Å². The zero-order valence-corrected chi connectivity index (χ0v) is 18.9. The zero-order chi connectivity index (χ0) is 25.3. The van der Waals surface area contributed by atoms with Crippen LogP contribution in [0.25, 0.3) is 22.2 Å². The number of hydrogen-bond acceptors (Lipinski definition) is 3. The second kappa shape index (κ2) is 9.21. The van der Waals surface area contributed by atoms with Gasteiger partial charge in [-0.15, -0.1) is 0 Å². The highest BCUT2D eigenvalue weighted by molar-refractivity contribution is 5.99. The number of carbonyl (C=O) groups excluding carboxylic acids is 1. The lowest BCUT2D eigenvalue weighted by Crippen LogP contribution is -2.26. The fraction of sp³-hybridized carbons (Fsp3) is 0.148. The third-order valence-electron chi connectivity index (χ3n) is 5.77. The van der Waals surface area contributed by atoms with E-state index in [1.54, 1.807) is 43.3 Å². The van der Waals surface area contributed by atoms with Gasteiger partial charge in [-0.25, -0.2) is 9.78 Å². The van der Waals surface area contributed by atoms with Crippen molar-refractivity contribution in [3.05, 3.63) is 101 Å². The number of hydrogen-bond donors (Lipinski definition) is 2. The number of pyridine rings is 1. The fourth-order valence-corrected chi connectivity index (χ4v) is 3.83. The summed E-state index contributed by atoms with van der Waals surface area (Å²) in [4.78, 5) is 28.7. The van der Waals surface area contributed by atoms with E-state index < -0.39 is 23.8 Å². The first-order valence-corrected chi connectivity index (χ1v) is 10.8. The highest BCUT2D eigenvalue weighted by Crippen LogP contribution is 2.31. The van der Waals surface area contributed by atoms with Crippen LogP contribution in [0.3, 0.4) is 0 Å². The molecular formula is C27H21F3N2O3. The molecule has 0 saturated heterocycles. The number of carboxylic acids is 1. The number of amides is 1. The summed E-state index contributed by atoms with van der Waals surface area (Å²) in [6.07, 6.45) is -4.42. The van der Waals surface area contributed by atoms with E-state index in [0.29, 0.717) is 27.9 Å². The van der Waals surface area contributed by atoms with E-state index in [2.05, 4.69) is 10.3 Å². The lowest BCUT2D eigenvalue weighted by atomic mass is 10.0. The Hall–Kier alpha value is -4.20. The Labute approximate surface area is 199 Å². The van der Waals surface area contributed by atoms with Crippen molar-refractivity contribution in [1.82, 2.24) is 10.3 Å². The van der Waals surface area contributed by atoms with Crippen molar-refractivity contribution in [3.8, 4) is 11.3 Å². The van der Waals surface area contributed by atoms with E-state index in [1.807, 2.05) is 6.92 Å². The summed E-state index contributed by atoms with van der Waals surface area (Å²) in [5.74, 6) is -1.41. The Bertz CT molecular complexity index is 1430. The molecule has 1 heterocycles. The number of aromatic carboxylic acids is 1. The van der Waals surface area contributed by atoms with Gasteiger partial charge in [-0.1, -0.05) is 30.3 Å². The van der Waals surface area contributed by atoms with E-state index in [1.165, 1.54) is 24.3 Å². The summed E-state index contributed by atoms with van der Waals surface area (Å²) in [5.41, 5.74) is 2.84. The topological polar surface area (TPSA) is 79.3 Å². The Balaban J connectivity index is 1.61. The van der Waals surface area contributed by atoms with Gasteiger partial charge in [0.1, 0.15) is 0 Å². The Morgan fingerprint density at radius 1 is 0.943 bits per heavy atom. The van der Waals surface area contributed by atoms with E-state index >= 15 is 0 Å². The molecule has 178 valence electrons. The average molecular weight is 478 g/mol. The highest BCUT2D eigenvalue weighted by Gasteiger charge is 2.30. The third kappa shape index (κ3) is 5.16. The first-order valence-electron chi connectivity index (χ1n) is 10.8. The molecule has 0 bridgehead atoms. The molecule has 4 aromatic rings. The van der Waals surface area contributed by atoms with Crippen molar-refractivity contribution in [2.75, 3.05) is 0 Å². The highest BCUT2D eigenvalue weighted by atomic mass is 19.4. The van der Waals surface area contributed by atoms with Gasteiger partial charge in [0.15, 0.2) is 0 Å². The van der Waals surface area contributed by atoms with Gasteiger partial charge in [-0.3, -0.25) is 4.79 Å². The van der Waals surface area contributed by atoms with Gasteiger partial charge >= 0.3 is 12.1 Å². The Kier molecular flexibility index (Phi) is 6.30. The van der Waals surface area contributed by atoms with E-state index in [0.717, 1.165) is 23.1 Å². The van der Waals surface area contributed by atoms with Crippen molar-refractivity contribution >= 4 is 22.8 Å². The molecular weight excluding hydrogens is 457 g/mol. The van der Waals surface area contributed by atoms with E-state index in [-0.39, 0.29) is 11.5 Å². The van der Waals surface area contributed by atoms with Crippen LogP contribution < -0.4 is 5.32 Å². The molecule has 0 aliphatic carbocycles. The van der Waals surface area contributed by atoms with Crippen molar-refractivity contribution in [2.24, 2.45) is 0 Å². The summed E-state index contributed by atoms with van der Waals surface area (Å²) < 4.78 is 38.7. The molecule has 0 fully saturated rings. The van der Waals surface area contributed by atoms with Crippen molar-refractivity contribution in [2.45, 2.75) is 26.1 Å². The average Bonchev–Trinajstić information content (AvgIpc) is 2.83. The minimum absolute atomic E-state index is 0.129. The zero-order valence-electron chi connectivity index (χ0n) is 18.9. The predicted octanol–water partition coefficient (Wildman–Crippen LogP) is 6.42. The predicted molar refractivity (Wildman–Crippen MR) is 126 cm³/mol. The molecule has 1 aromatic heterocycles. The molecule has 0 spiro atoms. The summed E-state index contributed by atoms with van der Waals surface area (Å²) in [5, 5.41) is 12.9. The smallest absolute Gasteiger partial charge is 0.416 e. The van der Waals surface area contributed by atoms with Crippen molar-refractivity contribution < 1.29 is 27.9 Å². The maximum absolute atomic E-state index is 12.9. The fourth-order valence-electron chi connectivity index (χ4n) is 3.83. The molecule has 3 aromatic carbocycles. The molecule has 0 radical (unpaired) electrons. The number of carboxylic acid groups (broad SMARTS) is 1. The minimum Gasteiger partial charge on any atom is -0.478 e. The Morgan fingerprint density at radius 2 is 1.66 bits per heavy atom. The van der Waals surface area contributed by atoms with Crippen molar-refractivity contribution in [1.29, 1.82) is 0 Å². The maximum atomic E-state index is 12.9. The standard InChI is InChI=1S/C27H21F3N2O3/c1-15-12-23(17-6-9-21(10-7-17)27(28,29)30)32-24-14-19(8-11-22(15)24)25(33)31-16(2)18-4-3-5-20(13-18)26(34)35/h3-14,16H,1-2H3,(H,31,33)(H,34,35)/t16-/m0/s1. The lowest BCUT2D eigenvalue weighted by molar-refractivity contribution is -0.137. The van der Waals surface area contributed by atoms with Crippen LogP contribution in [0, 0.1) is 6.92 Å². The summed E-state index contributed by atoms with van der Waals surface area (Å²) >= 11 is 0. The molecule has 0 saturated carbocycles. The monoisotopic (exact) mass is 478 g/mol.